The predicted octanol–water partition coefficient (Wildman–Crippen LogP) is 5.53. The Bertz CT molecular complexity index is 638. The summed E-state index contributed by atoms with van der Waals surface area (Å²) in [7, 11) is 0. The smallest absolute Gasteiger partial charge is 0.175 e. The van der Waals surface area contributed by atoms with Crippen LogP contribution in [0.5, 0.6) is 0 Å². The molecular weight excluding hydrogens is 356 g/mol. The van der Waals surface area contributed by atoms with Crippen LogP contribution < -0.4 is 10.6 Å². The lowest BCUT2D eigenvalue weighted by Gasteiger charge is -2.15. The lowest BCUT2D eigenvalue weighted by molar-refractivity contribution is 1.43. The molecule has 0 unspecified atom stereocenters. The van der Waals surface area contributed by atoms with Crippen molar-refractivity contribution < 1.29 is 0 Å². The fraction of sp³-hybridized carbons (Fsp3) is 0.133. The fourth-order valence-electron chi connectivity index (χ4n) is 1.82. The van der Waals surface area contributed by atoms with Gasteiger partial charge in [0.05, 0.1) is 10.7 Å². The molecule has 0 atom stereocenters. The first kappa shape index (κ1) is 15.3. The zero-order chi connectivity index (χ0) is 14.7. The number of benzene rings is 2. The fourth-order valence-corrected chi connectivity index (χ4v) is 2.78. The van der Waals surface area contributed by atoms with Crippen molar-refractivity contribution >= 4 is 56.2 Å². The lowest BCUT2D eigenvalue weighted by atomic mass is 10.2. The minimum absolute atomic E-state index is 0.520. The summed E-state index contributed by atoms with van der Waals surface area (Å²) in [5, 5.41) is 7.50. The molecule has 0 aliphatic rings. The number of para-hydroxylation sites is 1. The standard InChI is InChI=1S/C15H14BrClN2S/c1-9-4-3-5-12(17)14(9)19-15(20)18-13-7-6-11(16)8-10(13)2/h3-8H,1-2H3,(H2,18,19,20). The van der Waals surface area contributed by atoms with Gasteiger partial charge in [-0.05, 0) is 61.5 Å². The first-order valence-corrected chi connectivity index (χ1v) is 7.64. The van der Waals surface area contributed by atoms with Gasteiger partial charge in [0, 0.05) is 10.2 Å². The van der Waals surface area contributed by atoms with Crippen LogP contribution in [0.25, 0.3) is 0 Å². The number of thiocarbonyl (C=S) groups is 1. The molecule has 2 N–H and O–H groups in total. The quantitative estimate of drug-likeness (QED) is 0.681. The van der Waals surface area contributed by atoms with Crippen LogP contribution in [0.3, 0.4) is 0 Å². The third-order valence-corrected chi connectivity index (χ3v) is 3.91. The van der Waals surface area contributed by atoms with E-state index in [0.29, 0.717) is 10.1 Å². The van der Waals surface area contributed by atoms with Gasteiger partial charge >= 0.3 is 0 Å². The van der Waals surface area contributed by atoms with Gasteiger partial charge in [0.2, 0.25) is 0 Å². The van der Waals surface area contributed by atoms with Crippen LogP contribution >= 0.6 is 39.7 Å². The van der Waals surface area contributed by atoms with Crippen molar-refractivity contribution in [2.24, 2.45) is 0 Å². The highest BCUT2D eigenvalue weighted by atomic mass is 79.9. The van der Waals surface area contributed by atoms with E-state index in [0.717, 1.165) is 27.0 Å². The molecule has 20 heavy (non-hydrogen) atoms. The Balaban J connectivity index is 2.13. The normalized spacial score (nSPS) is 10.2. The first-order chi connectivity index (χ1) is 9.47. The minimum Gasteiger partial charge on any atom is -0.332 e. The second-order valence-corrected chi connectivity index (χ2v) is 6.20. The molecule has 2 nitrogen and oxygen atoms in total. The molecular formula is C15H14BrClN2S. The van der Waals surface area contributed by atoms with Crippen LogP contribution in [-0.4, -0.2) is 5.11 Å². The summed E-state index contributed by atoms with van der Waals surface area (Å²) in [4.78, 5) is 0. The second kappa shape index (κ2) is 6.57. The third kappa shape index (κ3) is 3.72. The van der Waals surface area contributed by atoms with Crippen molar-refractivity contribution in [1.82, 2.24) is 0 Å². The van der Waals surface area contributed by atoms with E-state index < -0.39 is 0 Å². The molecule has 0 bridgehead atoms. The van der Waals surface area contributed by atoms with Gasteiger partial charge < -0.3 is 10.6 Å². The zero-order valence-electron chi connectivity index (χ0n) is 11.1. The molecule has 0 heterocycles. The van der Waals surface area contributed by atoms with Crippen LogP contribution in [0.15, 0.2) is 40.9 Å². The maximum absolute atomic E-state index is 6.17. The zero-order valence-corrected chi connectivity index (χ0v) is 14.3. The summed E-state index contributed by atoms with van der Waals surface area (Å²) in [5.41, 5.74) is 3.96. The number of rotatable bonds is 2. The molecule has 2 aromatic carbocycles. The molecule has 0 fully saturated rings. The number of aryl methyl sites for hydroxylation is 2. The van der Waals surface area contributed by atoms with Crippen LogP contribution in [0.4, 0.5) is 11.4 Å². The van der Waals surface area contributed by atoms with E-state index >= 15 is 0 Å². The Morgan fingerprint density at radius 2 is 1.85 bits per heavy atom. The Morgan fingerprint density at radius 3 is 2.50 bits per heavy atom. The van der Waals surface area contributed by atoms with Gasteiger partial charge in [-0.25, -0.2) is 0 Å². The summed E-state index contributed by atoms with van der Waals surface area (Å²) >= 11 is 15.0. The largest absolute Gasteiger partial charge is 0.332 e. The summed E-state index contributed by atoms with van der Waals surface area (Å²) < 4.78 is 1.04. The van der Waals surface area contributed by atoms with E-state index in [1.807, 2.05) is 50.2 Å². The van der Waals surface area contributed by atoms with Crippen LogP contribution in [0.2, 0.25) is 5.02 Å². The van der Waals surface area contributed by atoms with E-state index in [9.17, 15) is 0 Å². The molecule has 0 saturated heterocycles. The number of anilines is 2. The van der Waals surface area contributed by atoms with E-state index in [1.54, 1.807) is 0 Å². The Hall–Kier alpha value is -1.10. The van der Waals surface area contributed by atoms with E-state index in [2.05, 4.69) is 26.6 Å². The number of hydrogen-bond acceptors (Lipinski definition) is 1. The minimum atomic E-state index is 0.520. The molecule has 104 valence electrons. The monoisotopic (exact) mass is 368 g/mol. The van der Waals surface area contributed by atoms with Crippen molar-refractivity contribution in [2.75, 3.05) is 10.6 Å². The highest BCUT2D eigenvalue weighted by Gasteiger charge is 2.07. The number of hydrogen-bond donors (Lipinski definition) is 2. The van der Waals surface area contributed by atoms with Crippen molar-refractivity contribution in [3.63, 3.8) is 0 Å². The van der Waals surface area contributed by atoms with Gasteiger partial charge in [-0.3, -0.25) is 0 Å². The third-order valence-electron chi connectivity index (χ3n) is 2.90. The average Bonchev–Trinajstić information content (AvgIpc) is 2.37. The molecule has 5 heteroatoms. The SMILES string of the molecule is Cc1cc(Br)ccc1NC(=S)Nc1c(C)cccc1Cl. The maximum atomic E-state index is 6.17. The van der Waals surface area contributed by atoms with Gasteiger partial charge in [0.25, 0.3) is 0 Å². The van der Waals surface area contributed by atoms with E-state index in [4.69, 9.17) is 23.8 Å². The molecule has 2 rings (SSSR count). The Kier molecular flexibility index (Phi) is 5.02. The molecule has 0 spiro atoms. The number of nitrogens with one attached hydrogen (secondary N) is 2. The highest BCUT2D eigenvalue weighted by molar-refractivity contribution is 9.10. The van der Waals surface area contributed by atoms with E-state index in [-0.39, 0.29) is 0 Å². The summed E-state index contributed by atoms with van der Waals surface area (Å²) in [5.74, 6) is 0. The molecule has 0 amide bonds. The second-order valence-electron chi connectivity index (χ2n) is 4.47. The van der Waals surface area contributed by atoms with Crippen molar-refractivity contribution in [1.29, 1.82) is 0 Å². The highest BCUT2D eigenvalue weighted by Crippen LogP contribution is 2.26. The molecule has 0 aromatic heterocycles. The van der Waals surface area contributed by atoms with Crippen molar-refractivity contribution in [3.05, 3.63) is 57.0 Å². The van der Waals surface area contributed by atoms with Gasteiger partial charge in [-0.1, -0.05) is 39.7 Å². The first-order valence-electron chi connectivity index (χ1n) is 6.06. The average molecular weight is 370 g/mol. The summed E-state index contributed by atoms with van der Waals surface area (Å²) in [6.45, 7) is 4.01. The van der Waals surface area contributed by atoms with Gasteiger partial charge in [-0.15, -0.1) is 0 Å². The summed E-state index contributed by atoms with van der Waals surface area (Å²) in [6, 6.07) is 11.7. The molecule has 0 aliphatic heterocycles. The topological polar surface area (TPSA) is 24.1 Å². The molecule has 0 aliphatic carbocycles. The van der Waals surface area contributed by atoms with Crippen LogP contribution in [0.1, 0.15) is 11.1 Å². The number of halogens is 2. The predicted molar refractivity (Wildman–Crippen MR) is 94.9 cm³/mol. The van der Waals surface area contributed by atoms with Gasteiger partial charge in [-0.2, -0.15) is 0 Å². The van der Waals surface area contributed by atoms with Gasteiger partial charge in [0.15, 0.2) is 5.11 Å². The molecule has 2 aromatic rings. The van der Waals surface area contributed by atoms with Gasteiger partial charge in [0.1, 0.15) is 0 Å². The van der Waals surface area contributed by atoms with Crippen LogP contribution in [-0.2, 0) is 0 Å². The van der Waals surface area contributed by atoms with Crippen molar-refractivity contribution in [2.45, 2.75) is 13.8 Å². The lowest BCUT2D eigenvalue weighted by Crippen LogP contribution is -2.20. The molecule has 0 radical (unpaired) electrons. The van der Waals surface area contributed by atoms with Crippen molar-refractivity contribution in [3.8, 4) is 0 Å². The Labute approximate surface area is 137 Å². The molecule has 0 saturated carbocycles. The maximum Gasteiger partial charge on any atom is 0.175 e. The summed E-state index contributed by atoms with van der Waals surface area (Å²) in [6.07, 6.45) is 0. The van der Waals surface area contributed by atoms with E-state index in [1.165, 1.54) is 0 Å². The Morgan fingerprint density at radius 1 is 1.10 bits per heavy atom. The van der Waals surface area contributed by atoms with Crippen LogP contribution in [0, 0.1) is 13.8 Å².